The fraction of sp³-hybridized carbons (Fsp3) is 0.870. The first kappa shape index (κ1) is 19.8. The lowest BCUT2D eigenvalue weighted by Gasteiger charge is -2.54. The van der Waals surface area contributed by atoms with Crippen LogP contribution >= 0.6 is 21.6 Å². The van der Waals surface area contributed by atoms with E-state index in [4.69, 9.17) is 0 Å². The minimum atomic E-state index is 0.433. The van der Waals surface area contributed by atoms with Crippen molar-refractivity contribution in [3.8, 4) is 0 Å². The van der Waals surface area contributed by atoms with Gasteiger partial charge in [-0.2, -0.15) is 0 Å². The Morgan fingerprint density at radius 1 is 1.14 bits per heavy atom. The van der Waals surface area contributed by atoms with Crippen LogP contribution in [0.1, 0.15) is 70.6 Å². The summed E-state index contributed by atoms with van der Waals surface area (Å²) in [4.78, 5) is 18.3. The van der Waals surface area contributed by atoms with Gasteiger partial charge in [-0.15, -0.1) is 0 Å². The van der Waals surface area contributed by atoms with Crippen LogP contribution in [-0.4, -0.2) is 58.4 Å². The minimum Gasteiger partial charge on any atom is -0.336 e. The van der Waals surface area contributed by atoms with E-state index in [2.05, 4.69) is 26.7 Å². The van der Waals surface area contributed by atoms with Crippen LogP contribution in [0.2, 0.25) is 0 Å². The zero-order valence-corrected chi connectivity index (χ0v) is 18.8. The van der Waals surface area contributed by atoms with Crippen molar-refractivity contribution in [1.82, 2.24) is 9.80 Å². The van der Waals surface area contributed by atoms with Crippen molar-refractivity contribution in [2.75, 3.05) is 25.4 Å². The first-order valence-electron chi connectivity index (χ1n) is 11.8. The van der Waals surface area contributed by atoms with Crippen LogP contribution in [0.15, 0.2) is 11.6 Å². The van der Waals surface area contributed by atoms with Gasteiger partial charge < -0.3 is 4.90 Å². The summed E-state index contributed by atoms with van der Waals surface area (Å²) in [6, 6.07) is 1.23. The Labute approximate surface area is 178 Å². The van der Waals surface area contributed by atoms with Gasteiger partial charge in [-0.25, -0.2) is 0 Å². The van der Waals surface area contributed by atoms with Crippen LogP contribution in [0.25, 0.3) is 0 Å². The molecule has 4 heterocycles. The summed E-state index contributed by atoms with van der Waals surface area (Å²) >= 11 is 0. The summed E-state index contributed by atoms with van der Waals surface area (Å²) in [5.74, 6) is 3.22. The molecule has 156 valence electrons. The zero-order chi connectivity index (χ0) is 18.9. The van der Waals surface area contributed by atoms with Gasteiger partial charge in [0.2, 0.25) is 5.91 Å². The number of likely N-dealkylation sites (tertiary alicyclic amines) is 1. The zero-order valence-electron chi connectivity index (χ0n) is 17.2. The lowest BCUT2D eigenvalue weighted by Crippen LogP contribution is -2.60. The molecule has 1 amide bonds. The molecule has 5 heteroatoms. The average Bonchev–Trinajstić information content (AvgIpc) is 3.24. The topological polar surface area (TPSA) is 23.6 Å². The minimum absolute atomic E-state index is 0.433. The van der Waals surface area contributed by atoms with Gasteiger partial charge in [0.05, 0.1) is 6.04 Å². The largest absolute Gasteiger partial charge is 0.336 e. The lowest BCUT2D eigenvalue weighted by atomic mass is 9.68. The number of carbonyl (C=O) groups is 1. The fourth-order valence-electron chi connectivity index (χ4n) is 6.61. The van der Waals surface area contributed by atoms with Crippen molar-refractivity contribution in [1.29, 1.82) is 0 Å². The molecule has 4 fully saturated rings. The van der Waals surface area contributed by atoms with E-state index in [9.17, 15) is 4.79 Å². The quantitative estimate of drug-likeness (QED) is 0.350. The summed E-state index contributed by atoms with van der Waals surface area (Å²) in [6.07, 6.45) is 16.3. The maximum Gasteiger partial charge on any atom is 0.223 e. The Morgan fingerprint density at radius 3 is 3.00 bits per heavy atom. The van der Waals surface area contributed by atoms with E-state index in [0.29, 0.717) is 17.9 Å². The molecule has 0 radical (unpaired) electrons. The molecular weight excluding hydrogens is 384 g/mol. The number of piperidine rings is 3. The van der Waals surface area contributed by atoms with Gasteiger partial charge in [0.15, 0.2) is 0 Å². The summed E-state index contributed by atoms with van der Waals surface area (Å²) < 4.78 is 0. The monoisotopic (exact) mass is 420 g/mol. The molecule has 0 aromatic heterocycles. The Kier molecular flexibility index (Phi) is 6.32. The molecule has 0 aromatic rings. The second-order valence-corrected chi connectivity index (χ2v) is 12.5. The molecular formula is C23H36N2OS2. The van der Waals surface area contributed by atoms with Crippen molar-refractivity contribution in [2.24, 2.45) is 11.8 Å². The number of fused-ring (bicyclic) bond motifs is 6. The van der Waals surface area contributed by atoms with Gasteiger partial charge in [-0.05, 0) is 69.7 Å². The molecule has 5 rings (SSSR count). The lowest BCUT2D eigenvalue weighted by molar-refractivity contribution is -0.136. The third kappa shape index (κ3) is 4.05. The van der Waals surface area contributed by atoms with E-state index in [-0.39, 0.29) is 0 Å². The number of nitrogens with zero attached hydrogens (tertiary/aromatic N) is 2. The van der Waals surface area contributed by atoms with Gasteiger partial charge >= 0.3 is 0 Å². The van der Waals surface area contributed by atoms with E-state index in [1.807, 2.05) is 10.8 Å². The van der Waals surface area contributed by atoms with E-state index >= 15 is 0 Å². The highest BCUT2D eigenvalue weighted by Gasteiger charge is 2.46. The third-order valence-electron chi connectivity index (χ3n) is 7.87. The third-order valence-corrected chi connectivity index (χ3v) is 10.9. The summed E-state index contributed by atoms with van der Waals surface area (Å²) in [5, 5.41) is 0.847. The standard InChI is InChI=1S/C23H36N2OS2/c26-22(9-2-1-7-20-10-13-27-28-20)25-12-5-6-17-14-18-15-19(23(17)25)16-24-11-4-3-8-21(18)24/h14,18-21,23H,1-13,15-16H2/t18-,19+,20-,21+,23+/m0/s1. The second kappa shape index (κ2) is 8.93. The Balaban J connectivity index is 1.21. The van der Waals surface area contributed by atoms with Crippen molar-refractivity contribution in [3.63, 3.8) is 0 Å². The number of hydrogen-bond acceptors (Lipinski definition) is 4. The number of carbonyl (C=O) groups excluding carboxylic acids is 1. The molecule has 3 nitrogen and oxygen atoms in total. The van der Waals surface area contributed by atoms with Crippen molar-refractivity contribution >= 4 is 27.5 Å². The maximum absolute atomic E-state index is 13.2. The second-order valence-electron chi connectivity index (χ2n) is 9.67. The summed E-state index contributed by atoms with van der Waals surface area (Å²) in [6.45, 7) is 3.53. The summed E-state index contributed by atoms with van der Waals surface area (Å²) in [5.41, 5.74) is 1.63. The van der Waals surface area contributed by atoms with Crippen LogP contribution in [0.5, 0.6) is 0 Å². The Bertz CT molecular complexity index is 603. The van der Waals surface area contributed by atoms with E-state index in [0.717, 1.165) is 36.6 Å². The highest BCUT2D eigenvalue weighted by atomic mass is 33.1. The van der Waals surface area contributed by atoms with Gasteiger partial charge in [0.1, 0.15) is 0 Å². The Morgan fingerprint density at radius 2 is 2.11 bits per heavy atom. The molecule has 28 heavy (non-hydrogen) atoms. The number of amides is 1. The van der Waals surface area contributed by atoms with E-state index in [1.54, 1.807) is 5.57 Å². The highest BCUT2D eigenvalue weighted by Crippen LogP contribution is 2.45. The fourth-order valence-corrected chi connectivity index (χ4v) is 9.64. The van der Waals surface area contributed by atoms with E-state index in [1.165, 1.54) is 76.6 Å². The smallest absolute Gasteiger partial charge is 0.223 e. The number of unbranched alkanes of at least 4 members (excludes halogenated alkanes) is 1. The summed E-state index contributed by atoms with van der Waals surface area (Å²) in [7, 11) is 4.10. The molecule has 4 saturated heterocycles. The molecule has 4 aliphatic heterocycles. The normalized spacial score (nSPS) is 37.9. The van der Waals surface area contributed by atoms with Gasteiger partial charge in [0.25, 0.3) is 0 Å². The van der Waals surface area contributed by atoms with Crippen molar-refractivity contribution in [3.05, 3.63) is 11.6 Å². The molecule has 0 aromatic carbocycles. The van der Waals surface area contributed by atoms with Gasteiger partial charge in [0, 0.05) is 36.6 Å². The Hall–Kier alpha value is -0.130. The van der Waals surface area contributed by atoms with Crippen molar-refractivity contribution in [2.45, 2.75) is 88.0 Å². The number of rotatable bonds is 5. The van der Waals surface area contributed by atoms with Crippen LogP contribution in [0.3, 0.4) is 0 Å². The molecule has 0 N–H and O–H groups in total. The first-order chi connectivity index (χ1) is 13.8. The molecule has 0 unspecified atom stereocenters. The SMILES string of the molecule is O=C(CCCC[C@H]1CCSS1)N1CCCC2=C[C@H]3C[C@H](CN4CCCC[C@H]34)[C@@H]21. The molecule has 5 aliphatic rings. The van der Waals surface area contributed by atoms with Crippen LogP contribution < -0.4 is 0 Å². The predicted octanol–water partition coefficient (Wildman–Crippen LogP) is 5.12. The maximum atomic E-state index is 13.2. The molecule has 0 spiro atoms. The molecule has 2 bridgehead atoms. The first-order valence-corrected chi connectivity index (χ1v) is 14.2. The number of hydrogen-bond donors (Lipinski definition) is 0. The van der Waals surface area contributed by atoms with Crippen LogP contribution in [0, 0.1) is 11.8 Å². The highest BCUT2D eigenvalue weighted by molar-refractivity contribution is 8.77. The molecule has 0 saturated carbocycles. The van der Waals surface area contributed by atoms with Crippen LogP contribution in [-0.2, 0) is 4.79 Å². The average molecular weight is 421 g/mol. The van der Waals surface area contributed by atoms with Crippen molar-refractivity contribution < 1.29 is 4.79 Å². The predicted molar refractivity (Wildman–Crippen MR) is 121 cm³/mol. The van der Waals surface area contributed by atoms with Gasteiger partial charge in [-0.1, -0.05) is 46.1 Å². The van der Waals surface area contributed by atoms with E-state index < -0.39 is 0 Å². The molecule has 5 atom stereocenters. The van der Waals surface area contributed by atoms with Gasteiger partial charge in [-0.3, -0.25) is 9.69 Å². The van der Waals surface area contributed by atoms with Crippen LogP contribution in [0.4, 0.5) is 0 Å². The molecule has 1 aliphatic carbocycles.